The third kappa shape index (κ3) is 6.10. The number of hydrogen-bond acceptors (Lipinski definition) is 4. The molecule has 0 unspecified atom stereocenters. The Hall–Kier alpha value is -2.49. The van der Waals surface area contributed by atoms with Crippen molar-refractivity contribution in [1.29, 1.82) is 0 Å². The second-order valence-electron chi connectivity index (χ2n) is 8.17. The first-order valence-electron chi connectivity index (χ1n) is 11.4. The molecule has 0 atom stereocenters. The maximum atomic E-state index is 12.7. The number of hydrogen-bond donors (Lipinski definition) is 1. The SMILES string of the molecule is CN=C(NCCCC(=O)N1CCc2ccccc21)N1CCN(c2ccc(OC)cc2)CC1.I. The minimum absolute atomic E-state index is 0. The lowest BCUT2D eigenvalue weighted by molar-refractivity contribution is -0.118. The van der Waals surface area contributed by atoms with Crippen molar-refractivity contribution in [3.05, 3.63) is 54.1 Å². The van der Waals surface area contributed by atoms with E-state index in [1.807, 2.05) is 42.3 Å². The van der Waals surface area contributed by atoms with Crippen LogP contribution >= 0.6 is 24.0 Å². The third-order valence-electron chi connectivity index (χ3n) is 6.27. The van der Waals surface area contributed by atoms with Crippen molar-refractivity contribution in [1.82, 2.24) is 10.2 Å². The van der Waals surface area contributed by atoms with E-state index in [1.54, 1.807) is 7.11 Å². The summed E-state index contributed by atoms with van der Waals surface area (Å²) in [5.74, 6) is 2.00. The molecule has 2 aromatic rings. The molecular weight excluding hydrogens is 529 g/mol. The van der Waals surface area contributed by atoms with Crippen molar-refractivity contribution < 1.29 is 9.53 Å². The molecule has 1 amide bonds. The fraction of sp³-hybridized carbons (Fsp3) is 0.440. The van der Waals surface area contributed by atoms with E-state index in [0.29, 0.717) is 6.42 Å². The predicted octanol–water partition coefficient (Wildman–Crippen LogP) is 3.38. The van der Waals surface area contributed by atoms with Crippen molar-refractivity contribution >= 4 is 47.2 Å². The first-order valence-corrected chi connectivity index (χ1v) is 11.4. The van der Waals surface area contributed by atoms with Gasteiger partial charge in [-0.15, -0.1) is 24.0 Å². The van der Waals surface area contributed by atoms with Gasteiger partial charge in [0.25, 0.3) is 0 Å². The number of benzene rings is 2. The van der Waals surface area contributed by atoms with Crippen LogP contribution in [0.25, 0.3) is 0 Å². The van der Waals surface area contributed by atoms with Gasteiger partial charge in [0.2, 0.25) is 5.91 Å². The van der Waals surface area contributed by atoms with Crippen LogP contribution in [0, 0.1) is 0 Å². The quantitative estimate of drug-likeness (QED) is 0.253. The Morgan fingerprint density at radius 2 is 1.76 bits per heavy atom. The summed E-state index contributed by atoms with van der Waals surface area (Å²) in [5.41, 5.74) is 3.57. The number of para-hydroxylation sites is 1. The maximum Gasteiger partial charge on any atom is 0.227 e. The zero-order valence-electron chi connectivity index (χ0n) is 19.5. The number of carbonyl (C=O) groups excluding carboxylic acids is 1. The second kappa shape index (κ2) is 12.1. The number of amides is 1. The fourth-order valence-electron chi connectivity index (χ4n) is 4.47. The minimum Gasteiger partial charge on any atom is -0.497 e. The van der Waals surface area contributed by atoms with E-state index in [0.717, 1.165) is 69.5 Å². The van der Waals surface area contributed by atoms with E-state index in [-0.39, 0.29) is 29.9 Å². The van der Waals surface area contributed by atoms with Crippen LogP contribution in [0.4, 0.5) is 11.4 Å². The molecule has 0 saturated carbocycles. The summed E-state index contributed by atoms with van der Waals surface area (Å²) in [6.07, 6.45) is 2.29. The van der Waals surface area contributed by atoms with Crippen molar-refractivity contribution in [3.63, 3.8) is 0 Å². The Labute approximate surface area is 213 Å². The predicted molar refractivity (Wildman–Crippen MR) is 145 cm³/mol. The van der Waals surface area contributed by atoms with E-state index >= 15 is 0 Å². The Balaban J connectivity index is 0.00000306. The monoisotopic (exact) mass is 563 g/mol. The average molecular weight is 563 g/mol. The topological polar surface area (TPSA) is 60.4 Å². The molecule has 0 aliphatic carbocycles. The Kier molecular flexibility index (Phi) is 9.22. The van der Waals surface area contributed by atoms with Gasteiger partial charge in [0, 0.05) is 64.1 Å². The molecule has 2 aliphatic heterocycles. The molecule has 1 saturated heterocycles. The third-order valence-corrected chi connectivity index (χ3v) is 6.27. The molecule has 2 aromatic carbocycles. The fourth-order valence-corrected chi connectivity index (χ4v) is 4.47. The lowest BCUT2D eigenvalue weighted by atomic mass is 10.2. The first-order chi connectivity index (χ1) is 15.7. The molecule has 0 aromatic heterocycles. The molecule has 4 rings (SSSR count). The Morgan fingerprint density at radius 3 is 2.45 bits per heavy atom. The highest BCUT2D eigenvalue weighted by atomic mass is 127. The summed E-state index contributed by atoms with van der Waals surface area (Å²) in [4.78, 5) is 23.7. The van der Waals surface area contributed by atoms with Crippen molar-refractivity contribution in [3.8, 4) is 5.75 Å². The lowest BCUT2D eigenvalue weighted by Crippen LogP contribution is -2.52. The number of nitrogens with zero attached hydrogens (tertiary/aromatic N) is 4. The van der Waals surface area contributed by atoms with Crippen molar-refractivity contribution in [2.75, 3.05) is 63.2 Å². The second-order valence-corrected chi connectivity index (χ2v) is 8.17. The molecular formula is C25H34IN5O2. The number of halogens is 1. The maximum absolute atomic E-state index is 12.7. The molecule has 1 N–H and O–H groups in total. The van der Waals surface area contributed by atoms with Gasteiger partial charge in [-0.25, -0.2) is 0 Å². The van der Waals surface area contributed by atoms with Gasteiger partial charge < -0.3 is 24.8 Å². The van der Waals surface area contributed by atoms with Crippen LogP contribution in [0.5, 0.6) is 5.75 Å². The smallest absolute Gasteiger partial charge is 0.227 e. The average Bonchev–Trinajstić information content (AvgIpc) is 3.29. The normalized spacial score (nSPS) is 15.7. The summed E-state index contributed by atoms with van der Waals surface area (Å²) in [7, 11) is 3.51. The number of carbonyl (C=O) groups is 1. The van der Waals surface area contributed by atoms with Gasteiger partial charge in [-0.05, 0) is 48.7 Å². The Bertz CT molecular complexity index is 942. The number of fused-ring (bicyclic) bond motifs is 1. The van der Waals surface area contributed by atoms with Crippen LogP contribution < -0.4 is 19.9 Å². The van der Waals surface area contributed by atoms with Crippen molar-refractivity contribution in [2.45, 2.75) is 19.3 Å². The van der Waals surface area contributed by atoms with Gasteiger partial charge in [-0.1, -0.05) is 18.2 Å². The highest BCUT2D eigenvalue weighted by molar-refractivity contribution is 14.0. The zero-order chi connectivity index (χ0) is 22.3. The van der Waals surface area contributed by atoms with Crippen LogP contribution in [0.2, 0.25) is 0 Å². The summed E-state index contributed by atoms with van der Waals surface area (Å²) < 4.78 is 5.25. The number of guanidine groups is 1. The molecule has 0 bridgehead atoms. The number of aliphatic imine (C=N–C) groups is 1. The molecule has 2 aliphatic rings. The number of methoxy groups -OCH3 is 1. The van der Waals surface area contributed by atoms with Crippen LogP contribution in [-0.2, 0) is 11.2 Å². The number of ether oxygens (including phenoxy) is 1. The van der Waals surface area contributed by atoms with E-state index in [1.165, 1.54) is 11.3 Å². The molecule has 0 spiro atoms. The molecule has 33 heavy (non-hydrogen) atoms. The molecule has 8 heteroatoms. The van der Waals surface area contributed by atoms with Gasteiger partial charge in [0.1, 0.15) is 5.75 Å². The molecule has 0 radical (unpaired) electrons. The molecule has 7 nitrogen and oxygen atoms in total. The highest BCUT2D eigenvalue weighted by Crippen LogP contribution is 2.28. The van der Waals surface area contributed by atoms with E-state index in [4.69, 9.17) is 4.74 Å². The van der Waals surface area contributed by atoms with Gasteiger partial charge in [0.15, 0.2) is 5.96 Å². The molecule has 178 valence electrons. The summed E-state index contributed by atoms with van der Waals surface area (Å²) in [6, 6.07) is 16.4. The summed E-state index contributed by atoms with van der Waals surface area (Å²) in [6.45, 7) is 5.25. The van der Waals surface area contributed by atoms with Gasteiger partial charge >= 0.3 is 0 Å². The van der Waals surface area contributed by atoms with Crippen LogP contribution in [0.15, 0.2) is 53.5 Å². The van der Waals surface area contributed by atoms with E-state index < -0.39 is 0 Å². The zero-order valence-corrected chi connectivity index (χ0v) is 21.8. The number of rotatable bonds is 6. The number of anilines is 2. The largest absolute Gasteiger partial charge is 0.497 e. The van der Waals surface area contributed by atoms with Gasteiger partial charge in [-0.2, -0.15) is 0 Å². The van der Waals surface area contributed by atoms with Crippen molar-refractivity contribution in [2.24, 2.45) is 4.99 Å². The van der Waals surface area contributed by atoms with Crippen LogP contribution in [0.3, 0.4) is 0 Å². The number of piperazine rings is 1. The summed E-state index contributed by atoms with van der Waals surface area (Å²) >= 11 is 0. The lowest BCUT2D eigenvalue weighted by Gasteiger charge is -2.37. The van der Waals surface area contributed by atoms with Gasteiger partial charge in [0.05, 0.1) is 7.11 Å². The van der Waals surface area contributed by atoms with Crippen LogP contribution in [0.1, 0.15) is 18.4 Å². The summed E-state index contributed by atoms with van der Waals surface area (Å²) in [5, 5.41) is 3.44. The minimum atomic E-state index is 0. The van der Waals surface area contributed by atoms with Crippen LogP contribution in [-0.4, -0.2) is 70.2 Å². The first kappa shape index (κ1) is 25.1. The Morgan fingerprint density at radius 1 is 1.03 bits per heavy atom. The van der Waals surface area contributed by atoms with Gasteiger partial charge in [-0.3, -0.25) is 9.79 Å². The van der Waals surface area contributed by atoms with E-state index in [9.17, 15) is 4.79 Å². The molecule has 2 heterocycles. The standard InChI is InChI=1S/C25H33N5O2.HI/c1-26-25(29-18-16-28(17-19-29)21-9-11-22(32-2)12-10-21)27-14-5-8-24(31)30-15-13-20-6-3-4-7-23(20)30;/h3-4,6-7,9-12H,5,8,13-19H2,1-2H3,(H,26,27);1H. The highest BCUT2D eigenvalue weighted by Gasteiger charge is 2.24. The number of nitrogens with one attached hydrogen (secondary N) is 1. The molecule has 1 fully saturated rings. The van der Waals surface area contributed by atoms with E-state index in [2.05, 4.69) is 38.3 Å².